The van der Waals surface area contributed by atoms with Crippen LogP contribution in [-0.4, -0.2) is 59.2 Å². The van der Waals surface area contributed by atoms with Gasteiger partial charge < -0.3 is 35.9 Å². The zero-order chi connectivity index (χ0) is 40.4. The first-order chi connectivity index (χ1) is 26.4. The number of benzene rings is 2. The van der Waals surface area contributed by atoms with Gasteiger partial charge in [-0.05, 0) is 80.2 Å². The van der Waals surface area contributed by atoms with Gasteiger partial charge >= 0.3 is 19.3 Å². The molecular formula is C39H47BF3N7O6. The molecule has 5 N–H and O–H groups in total. The molecule has 5 aliphatic rings. The van der Waals surface area contributed by atoms with Crippen LogP contribution in [0, 0.1) is 17.3 Å². The van der Waals surface area contributed by atoms with Crippen LogP contribution in [0.4, 0.5) is 29.3 Å². The van der Waals surface area contributed by atoms with Gasteiger partial charge in [-0.1, -0.05) is 45.0 Å². The lowest BCUT2D eigenvalue weighted by atomic mass is 9.45. The van der Waals surface area contributed by atoms with E-state index in [0.29, 0.717) is 18.3 Å². The van der Waals surface area contributed by atoms with Crippen LogP contribution in [0.15, 0.2) is 59.5 Å². The number of carbonyl (C=O) groups excluding carboxylic acids is 3. The van der Waals surface area contributed by atoms with Gasteiger partial charge in [0.05, 0.1) is 46.2 Å². The molecule has 3 aromatic rings. The quantitative estimate of drug-likeness (QED) is 0.172. The van der Waals surface area contributed by atoms with Crippen molar-refractivity contribution in [1.82, 2.24) is 25.5 Å². The van der Waals surface area contributed by atoms with E-state index >= 15 is 0 Å². The second-order valence-corrected chi connectivity index (χ2v) is 16.4. The molecule has 1 saturated heterocycles. The molecule has 1 aromatic heterocycles. The molecular weight excluding hydrogens is 730 g/mol. The predicted molar refractivity (Wildman–Crippen MR) is 203 cm³/mol. The summed E-state index contributed by atoms with van der Waals surface area (Å²) in [6.45, 7) is 10.0. The lowest BCUT2D eigenvalue weighted by molar-refractivity contribution is -0.185. The number of nitrogens with zero attached hydrogens (tertiary/aromatic N) is 2. The third-order valence-corrected chi connectivity index (χ3v) is 12.4. The molecule has 298 valence electrons. The number of alkyl halides is 3. The summed E-state index contributed by atoms with van der Waals surface area (Å²) in [6.07, 6.45) is -1.12. The summed E-state index contributed by atoms with van der Waals surface area (Å²) in [6, 6.07) is 9.28. The van der Waals surface area contributed by atoms with Crippen LogP contribution in [-0.2, 0) is 32.4 Å². The Morgan fingerprint density at radius 2 is 1.80 bits per heavy atom. The smallest absolute Gasteiger partial charge is 0.404 e. The van der Waals surface area contributed by atoms with E-state index in [0.717, 1.165) is 25.0 Å². The molecule has 3 aliphatic carbocycles. The molecule has 8 rings (SSSR count). The molecule has 4 amide bonds. The highest BCUT2D eigenvalue weighted by atomic mass is 19.4. The Hall–Kier alpha value is -4.90. The Balaban J connectivity index is 1.16. The van der Waals surface area contributed by atoms with Crippen LogP contribution in [0.1, 0.15) is 93.7 Å². The molecule has 0 spiro atoms. The fourth-order valence-corrected chi connectivity index (χ4v) is 9.12. The maximum atomic E-state index is 14.4. The zero-order valence-electron chi connectivity index (χ0n) is 32.2. The lowest BCUT2D eigenvalue weighted by Gasteiger charge is -2.63. The van der Waals surface area contributed by atoms with Gasteiger partial charge in [0, 0.05) is 20.0 Å². The van der Waals surface area contributed by atoms with Crippen molar-refractivity contribution in [1.29, 1.82) is 0 Å². The van der Waals surface area contributed by atoms with E-state index in [4.69, 9.17) is 9.31 Å². The minimum absolute atomic E-state index is 0.0507. The van der Waals surface area contributed by atoms with Gasteiger partial charge in [-0.2, -0.15) is 13.2 Å². The van der Waals surface area contributed by atoms with Gasteiger partial charge in [-0.15, -0.1) is 0 Å². The number of carbonyl (C=O) groups is 3. The SMILES string of the molecule is CC[C@H](NC(=O)[C@@H]1C[C@@](C)(NC(=O)Nc2ccccc2C(=O)NC)c2ncc(NCc3cccc(C(F)(F)F)c3)c(=O)n21)B1O[C@@H]2C3CC(C[C@]2(C)O1)C3(C)C. The van der Waals surface area contributed by atoms with Crippen molar-refractivity contribution in [2.24, 2.45) is 17.3 Å². The van der Waals surface area contributed by atoms with Crippen molar-refractivity contribution in [3.8, 4) is 0 Å². The molecule has 3 heterocycles. The van der Waals surface area contributed by atoms with Crippen LogP contribution in [0.25, 0.3) is 0 Å². The largest absolute Gasteiger partial charge is 0.481 e. The molecule has 56 heavy (non-hydrogen) atoms. The molecule has 2 aromatic carbocycles. The summed E-state index contributed by atoms with van der Waals surface area (Å²) < 4.78 is 54.5. The van der Waals surface area contributed by atoms with Gasteiger partial charge in [0.15, 0.2) is 0 Å². The highest BCUT2D eigenvalue weighted by Gasteiger charge is 2.67. The van der Waals surface area contributed by atoms with E-state index in [1.54, 1.807) is 31.2 Å². The van der Waals surface area contributed by atoms with E-state index in [1.165, 1.54) is 29.9 Å². The van der Waals surface area contributed by atoms with Gasteiger partial charge in [0.25, 0.3) is 11.5 Å². The Morgan fingerprint density at radius 1 is 1.05 bits per heavy atom. The molecule has 13 nitrogen and oxygen atoms in total. The Morgan fingerprint density at radius 3 is 2.50 bits per heavy atom. The number of aromatic nitrogens is 2. The molecule has 0 radical (unpaired) electrons. The molecule has 2 bridgehead atoms. The fraction of sp³-hybridized carbons (Fsp3) is 0.513. The average molecular weight is 778 g/mol. The number of fused-ring (bicyclic) bond motifs is 1. The van der Waals surface area contributed by atoms with E-state index in [2.05, 4.69) is 52.3 Å². The van der Waals surface area contributed by atoms with Crippen LogP contribution in [0.2, 0.25) is 0 Å². The summed E-state index contributed by atoms with van der Waals surface area (Å²) in [5, 5.41) is 14.1. The minimum Gasteiger partial charge on any atom is -0.404 e. The second kappa shape index (κ2) is 14.2. The summed E-state index contributed by atoms with van der Waals surface area (Å²) in [5.41, 5.74) is -2.52. The Bertz CT molecular complexity index is 2120. The third-order valence-electron chi connectivity index (χ3n) is 12.4. The Kier molecular flexibility index (Phi) is 10.0. The van der Waals surface area contributed by atoms with E-state index < -0.39 is 65.4 Å². The van der Waals surface area contributed by atoms with Crippen molar-refractivity contribution in [3.05, 3.63) is 87.6 Å². The number of hydrogen-bond acceptors (Lipinski definition) is 8. The fourth-order valence-electron chi connectivity index (χ4n) is 9.12. The van der Waals surface area contributed by atoms with Crippen molar-refractivity contribution in [2.45, 2.75) is 102 Å². The first-order valence-corrected chi connectivity index (χ1v) is 18.9. The van der Waals surface area contributed by atoms with Crippen LogP contribution in [0.3, 0.4) is 0 Å². The van der Waals surface area contributed by atoms with E-state index in [1.807, 2.05) is 6.92 Å². The normalized spacial score (nSPS) is 27.6. The topological polar surface area (TPSA) is 165 Å². The lowest BCUT2D eigenvalue weighted by Crippen LogP contribution is -2.63. The molecule has 4 fully saturated rings. The number of rotatable bonds is 10. The maximum Gasteiger partial charge on any atom is 0.481 e. The maximum absolute atomic E-state index is 14.4. The first-order valence-electron chi connectivity index (χ1n) is 18.9. The summed E-state index contributed by atoms with van der Waals surface area (Å²) in [5.74, 6) is -0.559. The van der Waals surface area contributed by atoms with Crippen molar-refractivity contribution < 1.29 is 36.9 Å². The van der Waals surface area contributed by atoms with Gasteiger partial charge in [0.1, 0.15) is 17.6 Å². The molecule has 17 heteroatoms. The number of para-hydroxylation sites is 1. The highest BCUT2D eigenvalue weighted by Crippen LogP contribution is 2.64. The molecule has 2 aliphatic heterocycles. The summed E-state index contributed by atoms with van der Waals surface area (Å²) in [4.78, 5) is 59.2. The Labute approximate surface area is 323 Å². The van der Waals surface area contributed by atoms with Crippen LogP contribution in [0.5, 0.6) is 0 Å². The second-order valence-electron chi connectivity index (χ2n) is 16.4. The number of hydrogen-bond donors (Lipinski definition) is 5. The average Bonchev–Trinajstić information content (AvgIpc) is 3.67. The number of amides is 4. The number of urea groups is 1. The van der Waals surface area contributed by atoms with Gasteiger partial charge in [-0.25, -0.2) is 9.78 Å². The monoisotopic (exact) mass is 777 g/mol. The van der Waals surface area contributed by atoms with Crippen LogP contribution < -0.4 is 32.1 Å². The standard InChI is InChI=1S/C39H47BF3N7O6/c1-7-29(40-55-30-25-16-23(36(25,2)3)17-38(30,5)56-40)48-32(52)28-18-37(4,49-35(54)47-26-14-9-8-13-24(26)31(51)44-6)34-46-20-27(33(53)50(28)34)45-19-21-11-10-12-22(15-21)39(41,42)43/h8-15,20,23,25,28-30,45H,7,16-19H2,1-6H3,(H,44,51)(H,48,52)(H2,47,49,54)/t23?,25?,28-,29-,30+,37+,38-/m0/s1. The van der Waals surface area contributed by atoms with Crippen molar-refractivity contribution in [2.75, 3.05) is 17.7 Å². The highest BCUT2D eigenvalue weighted by molar-refractivity contribution is 6.47. The van der Waals surface area contributed by atoms with Crippen LogP contribution >= 0.6 is 0 Å². The molecule has 7 atom stereocenters. The predicted octanol–water partition coefficient (Wildman–Crippen LogP) is 5.38. The first kappa shape index (κ1) is 39.3. The zero-order valence-corrected chi connectivity index (χ0v) is 32.2. The van der Waals surface area contributed by atoms with E-state index in [9.17, 15) is 32.3 Å². The summed E-state index contributed by atoms with van der Waals surface area (Å²) in [7, 11) is 0.748. The minimum atomic E-state index is -4.54. The number of nitrogens with one attached hydrogen (secondary N) is 5. The van der Waals surface area contributed by atoms with Crippen molar-refractivity contribution in [3.63, 3.8) is 0 Å². The number of halogens is 3. The summed E-state index contributed by atoms with van der Waals surface area (Å²) >= 11 is 0. The molecule has 2 unspecified atom stereocenters. The van der Waals surface area contributed by atoms with E-state index in [-0.39, 0.29) is 52.8 Å². The molecule has 3 saturated carbocycles. The van der Waals surface area contributed by atoms with Gasteiger partial charge in [0.2, 0.25) is 5.91 Å². The van der Waals surface area contributed by atoms with Crippen molar-refractivity contribution >= 4 is 36.3 Å². The number of anilines is 2. The van der Waals surface area contributed by atoms with Gasteiger partial charge in [-0.3, -0.25) is 19.0 Å². The third kappa shape index (κ3) is 6.92.